The van der Waals surface area contributed by atoms with Crippen LogP contribution < -0.4 is 5.32 Å². The number of amides is 2. The standard InChI is InChI=1S/C15H18N2O4/c18-9-15(21)7-17(8-15)14(20)11-3-1-10(2-4-11)13(19)16-12-5-6-12/h1-4,12,18,21H,5-9H2,(H,16,19). The van der Waals surface area contributed by atoms with Gasteiger partial charge in [-0.25, -0.2) is 0 Å². The van der Waals surface area contributed by atoms with E-state index < -0.39 is 5.60 Å². The van der Waals surface area contributed by atoms with Crippen molar-refractivity contribution in [3.63, 3.8) is 0 Å². The smallest absolute Gasteiger partial charge is 0.254 e. The highest BCUT2D eigenvalue weighted by atomic mass is 16.3. The van der Waals surface area contributed by atoms with Gasteiger partial charge < -0.3 is 20.4 Å². The number of carbonyl (C=O) groups is 2. The molecule has 0 unspecified atom stereocenters. The lowest BCUT2D eigenvalue weighted by Gasteiger charge is -2.45. The molecular weight excluding hydrogens is 272 g/mol. The number of likely N-dealkylation sites (tertiary alicyclic amines) is 1. The van der Waals surface area contributed by atoms with Crippen LogP contribution in [-0.2, 0) is 0 Å². The van der Waals surface area contributed by atoms with Crippen molar-refractivity contribution in [1.82, 2.24) is 10.2 Å². The third-order valence-electron chi connectivity index (χ3n) is 3.86. The third-order valence-corrected chi connectivity index (χ3v) is 3.86. The van der Waals surface area contributed by atoms with Crippen LogP contribution in [0.4, 0.5) is 0 Å². The second-order valence-corrected chi connectivity index (χ2v) is 5.87. The van der Waals surface area contributed by atoms with Gasteiger partial charge in [-0.1, -0.05) is 0 Å². The van der Waals surface area contributed by atoms with Gasteiger partial charge in [-0.15, -0.1) is 0 Å². The van der Waals surface area contributed by atoms with Crippen molar-refractivity contribution in [1.29, 1.82) is 0 Å². The predicted molar refractivity (Wildman–Crippen MR) is 74.9 cm³/mol. The van der Waals surface area contributed by atoms with Crippen LogP contribution in [0, 0.1) is 0 Å². The van der Waals surface area contributed by atoms with E-state index in [2.05, 4.69) is 5.32 Å². The molecule has 0 aromatic heterocycles. The normalized spacial score (nSPS) is 19.8. The summed E-state index contributed by atoms with van der Waals surface area (Å²) in [4.78, 5) is 25.4. The minimum absolute atomic E-state index is 0.116. The van der Waals surface area contributed by atoms with E-state index in [1.807, 2.05) is 0 Å². The van der Waals surface area contributed by atoms with E-state index in [0.29, 0.717) is 17.2 Å². The first-order chi connectivity index (χ1) is 10.0. The van der Waals surface area contributed by atoms with Gasteiger partial charge in [-0.05, 0) is 37.1 Å². The van der Waals surface area contributed by atoms with Crippen LogP contribution in [0.25, 0.3) is 0 Å². The van der Waals surface area contributed by atoms with Crippen molar-refractivity contribution in [2.24, 2.45) is 0 Å². The Kier molecular flexibility index (Phi) is 3.43. The number of hydrogen-bond acceptors (Lipinski definition) is 4. The Morgan fingerprint density at radius 3 is 2.29 bits per heavy atom. The highest BCUT2D eigenvalue weighted by Gasteiger charge is 2.43. The summed E-state index contributed by atoms with van der Waals surface area (Å²) in [5.41, 5.74) is -0.161. The number of carbonyl (C=O) groups excluding carboxylic acids is 2. The van der Waals surface area contributed by atoms with E-state index in [1.165, 1.54) is 4.90 Å². The molecule has 1 saturated carbocycles. The number of β-amino-alcohol motifs (C(OH)–C–C–N with tert-alkyl or cyclic N) is 1. The zero-order chi connectivity index (χ0) is 15.0. The number of rotatable bonds is 4. The molecule has 6 heteroatoms. The summed E-state index contributed by atoms with van der Waals surface area (Å²) in [7, 11) is 0. The Hall–Kier alpha value is -1.92. The summed E-state index contributed by atoms with van der Waals surface area (Å²) in [5, 5.41) is 21.5. The molecule has 0 atom stereocenters. The molecule has 3 rings (SSSR count). The van der Waals surface area contributed by atoms with Crippen molar-refractivity contribution < 1.29 is 19.8 Å². The SMILES string of the molecule is O=C(NC1CC1)c1ccc(C(=O)N2CC(O)(CO)C2)cc1. The Morgan fingerprint density at radius 2 is 1.76 bits per heavy atom. The molecule has 1 heterocycles. The Balaban J connectivity index is 1.61. The molecule has 1 saturated heterocycles. The molecule has 2 fully saturated rings. The fraction of sp³-hybridized carbons (Fsp3) is 0.467. The third kappa shape index (κ3) is 2.91. The summed E-state index contributed by atoms with van der Waals surface area (Å²) in [6, 6.07) is 6.78. The van der Waals surface area contributed by atoms with Crippen LogP contribution in [-0.4, -0.2) is 58.3 Å². The Labute approximate surface area is 122 Å². The molecular formula is C15H18N2O4. The summed E-state index contributed by atoms with van der Waals surface area (Å²) in [6.45, 7) is -0.0877. The number of nitrogens with one attached hydrogen (secondary N) is 1. The first-order valence-corrected chi connectivity index (χ1v) is 7.04. The van der Waals surface area contributed by atoms with E-state index in [-0.39, 0.29) is 31.5 Å². The molecule has 112 valence electrons. The van der Waals surface area contributed by atoms with E-state index in [0.717, 1.165) is 12.8 Å². The lowest BCUT2D eigenvalue weighted by atomic mass is 9.94. The van der Waals surface area contributed by atoms with Gasteiger partial charge in [0.05, 0.1) is 19.7 Å². The lowest BCUT2D eigenvalue weighted by molar-refractivity contribution is -0.109. The quantitative estimate of drug-likeness (QED) is 0.714. The van der Waals surface area contributed by atoms with Crippen molar-refractivity contribution in [2.75, 3.05) is 19.7 Å². The first-order valence-electron chi connectivity index (χ1n) is 7.04. The highest BCUT2D eigenvalue weighted by molar-refractivity contribution is 5.98. The minimum atomic E-state index is -1.17. The van der Waals surface area contributed by atoms with Crippen LogP contribution in [0.3, 0.4) is 0 Å². The van der Waals surface area contributed by atoms with E-state index in [9.17, 15) is 14.7 Å². The molecule has 1 aliphatic heterocycles. The van der Waals surface area contributed by atoms with Gasteiger partial charge in [0, 0.05) is 17.2 Å². The number of aliphatic hydroxyl groups is 2. The fourth-order valence-electron chi connectivity index (χ4n) is 2.35. The zero-order valence-corrected chi connectivity index (χ0v) is 11.6. The molecule has 0 spiro atoms. The monoisotopic (exact) mass is 290 g/mol. The average Bonchev–Trinajstić information content (AvgIpc) is 3.27. The molecule has 21 heavy (non-hydrogen) atoms. The molecule has 1 aromatic rings. The van der Waals surface area contributed by atoms with Crippen molar-refractivity contribution in [2.45, 2.75) is 24.5 Å². The van der Waals surface area contributed by atoms with Gasteiger partial charge in [0.15, 0.2) is 0 Å². The number of aliphatic hydroxyl groups excluding tert-OH is 1. The van der Waals surface area contributed by atoms with E-state index >= 15 is 0 Å². The molecule has 3 N–H and O–H groups in total. The molecule has 2 aliphatic rings. The van der Waals surface area contributed by atoms with Crippen LogP contribution in [0.5, 0.6) is 0 Å². The second-order valence-electron chi connectivity index (χ2n) is 5.87. The number of hydrogen-bond donors (Lipinski definition) is 3. The van der Waals surface area contributed by atoms with Gasteiger partial charge >= 0.3 is 0 Å². The maximum Gasteiger partial charge on any atom is 0.254 e. The van der Waals surface area contributed by atoms with Gasteiger partial charge in [-0.2, -0.15) is 0 Å². The van der Waals surface area contributed by atoms with Gasteiger partial charge in [0.2, 0.25) is 0 Å². The molecule has 0 radical (unpaired) electrons. The highest BCUT2D eigenvalue weighted by Crippen LogP contribution is 2.23. The van der Waals surface area contributed by atoms with Crippen LogP contribution >= 0.6 is 0 Å². The molecule has 1 aromatic carbocycles. The summed E-state index contributed by atoms with van der Waals surface area (Å²) < 4.78 is 0. The number of nitrogens with zero attached hydrogens (tertiary/aromatic N) is 1. The lowest BCUT2D eigenvalue weighted by Crippen LogP contribution is -2.65. The second kappa shape index (κ2) is 5.13. The first kappa shape index (κ1) is 14.0. The maximum absolute atomic E-state index is 12.1. The molecule has 6 nitrogen and oxygen atoms in total. The zero-order valence-electron chi connectivity index (χ0n) is 11.6. The summed E-state index contributed by atoms with van der Waals surface area (Å²) in [6.07, 6.45) is 2.07. The Morgan fingerprint density at radius 1 is 1.19 bits per heavy atom. The maximum atomic E-state index is 12.1. The van der Waals surface area contributed by atoms with Crippen molar-refractivity contribution in [3.8, 4) is 0 Å². The fourth-order valence-corrected chi connectivity index (χ4v) is 2.35. The van der Waals surface area contributed by atoms with Gasteiger partial charge in [0.25, 0.3) is 11.8 Å². The molecule has 1 aliphatic carbocycles. The summed E-state index contributed by atoms with van der Waals surface area (Å²) >= 11 is 0. The summed E-state index contributed by atoms with van der Waals surface area (Å²) in [5.74, 6) is -0.322. The largest absolute Gasteiger partial charge is 0.393 e. The Bertz CT molecular complexity index is 560. The van der Waals surface area contributed by atoms with Crippen molar-refractivity contribution in [3.05, 3.63) is 35.4 Å². The van der Waals surface area contributed by atoms with Crippen LogP contribution in [0.1, 0.15) is 33.6 Å². The van der Waals surface area contributed by atoms with E-state index in [1.54, 1.807) is 24.3 Å². The van der Waals surface area contributed by atoms with Gasteiger partial charge in [0.1, 0.15) is 5.60 Å². The minimum Gasteiger partial charge on any atom is -0.393 e. The van der Waals surface area contributed by atoms with E-state index in [4.69, 9.17) is 5.11 Å². The topological polar surface area (TPSA) is 89.9 Å². The average molecular weight is 290 g/mol. The van der Waals surface area contributed by atoms with Gasteiger partial charge in [-0.3, -0.25) is 9.59 Å². The predicted octanol–water partition coefficient (Wildman–Crippen LogP) is -0.242. The molecule has 2 amide bonds. The van der Waals surface area contributed by atoms with Crippen LogP contribution in [0.2, 0.25) is 0 Å². The van der Waals surface area contributed by atoms with Crippen molar-refractivity contribution >= 4 is 11.8 Å². The number of benzene rings is 1. The molecule has 0 bridgehead atoms. The van der Waals surface area contributed by atoms with Crippen LogP contribution in [0.15, 0.2) is 24.3 Å².